The maximum Gasteiger partial charge on any atom is 0.254 e. The summed E-state index contributed by atoms with van der Waals surface area (Å²) in [6, 6.07) is 3.51. The summed E-state index contributed by atoms with van der Waals surface area (Å²) in [6.45, 7) is 5.32. The lowest BCUT2D eigenvalue weighted by molar-refractivity contribution is 0.0712. The monoisotopic (exact) mass is 525 g/mol. The van der Waals surface area contributed by atoms with E-state index in [-0.39, 0.29) is 35.6 Å². The van der Waals surface area contributed by atoms with E-state index in [0.29, 0.717) is 19.0 Å². The number of carbonyl (C=O) groups is 1. The van der Waals surface area contributed by atoms with E-state index in [2.05, 4.69) is 34.9 Å². The molecular formula is C29H37F2N5O2. The van der Waals surface area contributed by atoms with E-state index in [1.54, 1.807) is 4.90 Å². The zero-order valence-electron chi connectivity index (χ0n) is 22.2. The van der Waals surface area contributed by atoms with Crippen molar-refractivity contribution in [3.8, 4) is 0 Å². The number of hydrogen-bond donors (Lipinski definition) is 2. The molecular weight excluding hydrogens is 488 g/mol. The predicted molar refractivity (Wildman–Crippen MR) is 143 cm³/mol. The second kappa shape index (κ2) is 11.4. The van der Waals surface area contributed by atoms with Crippen molar-refractivity contribution in [3.05, 3.63) is 53.4 Å². The van der Waals surface area contributed by atoms with Crippen LogP contribution in [0.5, 0.6) is 0 Å². The number of halogens is 2. The first-order valence-electron chi connectivity index (χ1n) is 13.9. The zero-order chi connectivity index (χ0) is 26.8. The van der Waals surface area contributed by atoms with Crippen LogP contribution in [0, 0.1) is 11.6 Å². The topological polar surface area (TPSA) is 83.3 Å². The molecule has 0 bridgehead atoms. The molecule has 2 aliphatic rings. The number of anilines is 1. The van der Waals surface area contributed by atoms with Crippen LogP contribution in [0.2, 0.25) is 0 Å². The van der Waals surface area contributed by atoms with E-state index in [4.69, 9.17) is 4.98 Å². The van der Waals surface area contributed by atoms with Gasteiger partial charge in [-0.3, -0.25) is 4.79 Å². The Morgan fingerprint density at radius 2 is 1.79 bits per heavy atom. The van der Waals surface area contributed by atoms with E-state index in [1.165, 1.54) is 5.56 Å². The summed E-state index contributed by atoms with van der Waals surface area (Å²) >= 11 is 0. The van der Waals surface area contributed by atoms with Crippen LogP contribution in [0.1, 0.15) is 93.1 Å². The number of benzene rings is 1. The third-order valence-corrected chi connectivity index (χ3v) is 8.09. The number of fused-ring (bicyclic) bond motifs is 1. The Bertz CT molecular complexity index is 1260. The second-order valence-corrected chi connectivity index (χ2v) is 10.9. The third-order valence-electron chi connectivity index (χ3n) is 8.09. The van der Waals surface area contributed by atoms with E-state index >= 15 is 0 Å². The van der Waals surface area contributed by atoms with Crippen molar-refractivity contribution >= 4 is 22.9 Å². The minimum absolute atomic E-state index is 0.0442. The Hall–Kier alpha value is -3.07. The van der Waals surface area contributed by atoms with Crippen LogP contribution in [0.25, 0.3) is 11.0 Å². The van der Waals surface area contributed by atoms with Gasteiger partial charge in [0.25, 0.3) is 5.91 Å². The lowest BCUT2D eigenvalue weighted by Gasteiger charge is -2.32. The highest BCUT2D eigenvalue weighted by Gasteiger charge is 2.30. The van der Waals surface area contributed by atoms with Crippen LogP contribution in [-0.2, 0) is 0 Å². The summed E-state index contributed by atoms with van der Waals surface area (Å²) in [5, 5.41) is 14.5. The van der Waals surface area contributed by atoms with Gasteiger partial charge >= 0.3 is 0 Å². The van der Waals surface area contributed by atoms with Gasteiger partial charge < -0.3 is 19.9 Å². The fraction of sp³-hybridized carbons (Fsp3) is 0.552. The minimum Gasteiger partial charge on any atom is -0.393 e. The molecule has 2 aromatic heterocycles. The molecule has 5 rings (SSSR count). The molecule has 1 aromatic carbocycles. The molecule has 7 nitrogen and oxygen atoms in total. The summed E-state index contributed by atoms with van der Waals surface area (Å²) in [6.07, 6.45) is 10.9. The average Bonchev–Trinajstić information content (AvgIpc) is 3.27. The summed E-state index contributed by atoms with van der Waals surface area (Å²) in [7, 11) is 0. The lowest BCUT2D eigenvalue weighted by Crippen LogP contribution is -2.38. The normalized spacial score (nSPS) is 21.6. The van der Waals surface area contributed by atoms with Crippen LogP contribution in [0.15, 0.2) is 30.6 Å². The third kappa shape index (κ3) is 5.67. The average molecular weight is 526 g/mol. The lowest BCUT2D eigenvalue weighted by atomic mass is 9.89. The summed E-state index contributed by atoms with van der Waals surface area (Å²) in [5.74, 6) is -0.982. The van der Waals surface area contributed by atoms with E-state index in [1.807, 2.05) is 6.20 Å². The molecule has 2 fully saturated rings. The van der Waals surface area contributed by atoms with Gasteiger partial charge in [0.2, 0.25) is 5.95 Å². The number of nitrogens with one attached hydrogen (secondary N) is 1. The standard InChI is InChI=1S/C29H37F2N5O2/c1-3-4-18(2)33-29-32-16-25-26(17-36(27(25)34-29)23-5-7-24(37)8-6-23)19-9-11-35(12-10-19)28(38)20-13-21(30)15-22(31)14-20/h13-19,23-24,37H,3-12H2,1-2H3,(H,32,33,34)/t18-,23-,24-/m0/s1. The number of amides is 1. The van der Waals surface area contributed by atoms with Gasteiger partial charge in [0.1, 0.15) is 17.3 Å². The zero-order valence-corrected chi connectivity index (χ0v) is 22.2. The summed E-state index contributed by atoms with van der Waals surface area (Å²) in [4.78, 5) is 24.2. The highest BCUT2D eigenvalue weighted by atomic mass is 19.1. The Kier molecular flexibility index (Phi) is 7.93. The minimum atomic E-state index is -0.746. The fourth-order valence-electron chi connectivity index (χ4n) is 6.04. The van der Waals surface area contributed by atoms with Crippen LogP contribution in [0.4, 0.5) is 14.7 Å². The van der Waals surface area contributed by atoms with Crippen LogP contribution >= 0.6 is 0 Å². The largest absolute Gasteiger partial charge is 0.393 e. The van der Waals surface area contributed by atoms with Crippen molar-refractivity contribution in [1.29, 1.82) is 0 Å². The van der Waals surface area contributed by atoms with Crippen LogP contribution in [-0.4, -0.2) is 55.7 Å². The number of likely N-dealkylation sites (tertiary alicyclic amines) is 1. The molecule has 1 aliphatic heterocycles. The molecule has 1 amide bonds. The number of nitrogens with zero attached hydrogens (tertiary/aromatic N) is 4. The van der Waals surface area contributed by atoms with Gasteiger partial charge in [-0.2, -0.15) is 4.98 Å². The van der Waals surface area contributed by atoms with E-state index in [0.717, 1.165) is 80.6 Å². The van der Waals surface area contributed by atoms with Gasteiger partial charge in [0.05, 0.1) is 6.10 Å². The Morgan fingerprint density at radius 3 is 2.45 bits per heavy atom. The molecule has 0 unspecified atom stereocenters. The SMILES string of the molecule is CCC[C@H](C)Nc1ncc2c(C3CCN(C(=O)c4cc(F)cc(F)c4)CC3)cn([C@H]3CC[C@H](O)CC3)c2n1. The van der Waals surface area contributed by atoms with Crippen molar-refractivity contribution in [1.82, 2.24) is 19.4 Å². The van der Waals surface area contributed by atoms with Gasteiger partial charge in [-0.1, -0.05) is 13.3 Å². The number of carbonyl (C=O) groups excluding carboxylic acids is 1. The smallest absolute Gasteiger partial charge is 0.254 e. The first-order valence-corrected chi connectivity index (χ1v) is 13.9. The quantitative estimate of drug-likeness (QED) is 0.407. The first-order chi connectivity index (χ1) is 18.3. The van der Waals surface area contributed by atoms with Crippen molar-refractivity contribution < 1.29 is 18.7 Å². The number of hydrogen-bond acceptors (Lipinski definition) is 5. The van der Waals surface area contributed by atoms with Crippen molar-refractivity contribution in [2.45, 2.75) is 89.3 Å². The molecule has 3 aromatic rings. The van der Waals surface area contributed by atoms with Crippen molar-refractivity contribution in [3.63, 3.8) is 0 Å². The molecule has 0 spiro atoms. The van der Waals surface area contributed by atoms with E-state index < -0.39 is 11.6 Å². The fourth-order valence-corrected chi connectivity index (χ4v) is 6.04. The number of piperidine rings is 1. The predicted octanol–water partition coefficient (Wildman–Crippen LogP) is 5.81. The first kappa shape index (κ1) is 26.5. The molecule has 3 heterocycles. The molecule has 1 saturated carbocycles. The highest BCUT2D eigenvalue weighted by Crippen LogP contribution is 2.38. The maximum absolute atomic E-state index is 13.7. The molecule has 1 saturated heterocycles. The van der Waals surface area contributed by atoms with Gasteiger partial charge in [-0.15, -0.1) is 0 Å². The van der Waals surface area contributed by atoms with Gasteiger partial charge in [0.15, 0.2) is 0 Å². The van der Waals surface area contributed by atoms with Crippen LogP contribution in [0.3, 0.4) is 0 Å². The van der Waals surface area contributed by atoms with Gasteiger partial charge in [-0.05, 0) is 75.5 Å². The summed E-state index contributed by atoms with van der Waals surface area (Å²) < 4.78 is 29.6. The van der Waals surface area contributed by atoms with Gasteiger partial charge in [-0.25, -0.2) is 13.8 Å². The molecule has 204 valence electrons. The Morgan fingerprint density at radius 1 is 1.11 bits per heavy atom. The molecule has 1 aliphatic carbocycles. The van der Waals surface area contributed by atoms with Crippen molar-refractivity contribution in [2.75, 3.05) is 18.4 Å². The molecule has 0 radical (unpaired) electrons. The maximum atomic E-state index is 13.7. The highest BCUT2D eigenvalue weighted by molar-refractivity contribution is 5.94. The van der Waals surface area contributed by atoms with E-state index in [9.17, 15) is 18.7 Å². The Balaban J connectivity index is 1.38. The summed E-state index contributed by atoms with van der Waals surface area (Å²) in [5.41, 5.74) is 2.14. The molecule has 2 N–H and O–H groups in total. The molecule has 1 atom stereocenters. The Labute approximate surface area is 222 Å². The van der Waals surface area contributed by atoms with Crippen molar-refractivity contribution in [2.24, 2.45) is 0 Å². The number of aliphatic hydroxyl groups excluding tert-OH is 1. The second-order valence-electron chi connectivity index (χ2n) is 10.9. The molecule has 38 heavy (non-hydrogen) atoms. The van der Waals surface area contributed by atoms with Crippen LogP contribution < -0.4 is 5.32 Å². The van der Waals surface area contributed by atoms with Gasteiger partial charge in [0, 0.05) is 54.6 Å². The number of aromatic nitrogens is 3. The molecule has 9 heteroatoms. The number of rotatable bonds is 7. The number of aliphatic hydroxyl groups is 1.